The van der Waals surface area contributed by atoms with Gasteiger partial charge in [0.1, 0.15) is 17.6 Å². The summed E-state index contributed by atoms with van der Waals surface area (Å²) in [6.07, 6.45) is 0.104. The Hall–Kier alpha value is -3.19. The summed E-state index contributed by atoms with van der Waals surface area (Å²) in [4.78, 5) is 31.2. The first-order valence-electron chi connectivity index (χ1n) is 13.3. The minimum Gasteiger partial charge on any atom is -0.480 e. The highest BCUT2D eigenvalue weighted by atomic mass is 19.4. The van der Waals surface area contributed by atoms with E-state index in [1.54, 1.807) is 0 Å². The number of halogens is 3. The van der Waals surface area contributed by atoms with Gasteiger partial charge in [0.05, 0.1) is 6.61 Å². The summed E-state index contributed by atoms with van der Waals surface area (Å²) in [5.41, 5.74) is 0.691. The molecule has 10 nitrogen and oxygen atoms in total. The molecule has 0 spiro atoms. The lowest BCUT2D eigenvalue weighted by Crippen LogP contribution is -2.44. The Balaban J connectivity index is 1.52. The van der Waals surface area contributed by atoms with Gasteiger partial charge in [-0.2, -0.15) is 18.3 Å². The number of nitrogens with zero attached hydrogens (tertiary/aromatic N) is 4. The smallest absolute Gasteiger partial charge is 0.435 e. The van der Waals surface area contributed by atoms with E-state index in [9.17, 15) is 27.9 Å². The van der Waals surface area contributed by atoms with Gasteiger partial charge in [-0.25, -0.2) is 9.78 Å². The summed E-state index contributed by atoms with van der Waals surface area (Å²) in [6.45, 7) is 5.53. The molecule has 3 heterocycles. The zero-order chi connectivity index (χ0) is 28.4. The number of unbranched alkanes of at least 4 members (excludes halogenated alkanes) is 1. The molecular weight excluding hydrogens is 517 g/mol. The van der Waals surface area contributed by atoms with Gasteiger partial charge in [-0.3, -0.25) is 9.48 Å². The number of alkyl halides is 3. The van der Waals surface area contributed by atoms with Crippen molar-refractivity contribution >= 4 is 17.7 Å². The molecule has 1 aliphatic heterocycles. The van der Waals surface area contributed by atoms with Gasteiger partial charge in [0.15, 0.2) is 5.69 Å². The second-order valence-corrected chi connectivity index (χ2v) is 9.53. The van der Waals surface area contributed by atoms with Crippen molar-refractivity contribution in [1.29, 1.82) is 0 Å². The molecule has 0 radical (unpaired) electrons. The summed E-state index contributed by atoms with van der Waals surface area (Å²) in [5, 5.41) is 18.6. The van der Waals surface area contributed by atoms with E-state index in [1.165, 1.54) is 12.6 Å². The highest BCUT2D eigenvalue weighted by Crippen LogP contribution is 2.28. The summed E-state index contributed by atoms with van der Waals surface area (Å²) in [7, 11) is 1.20. The van der Waals surface area contributed by atoms with Crippen LogP contribution in [0.5, 0.6) is 0 Å². The predicted molar refractivity (Wildman–Crippen MR) is 139 cm³/mol. The molecule has 3 rings (SSSR count). The fourth-order valence-electron chi connectivity index (χ4n) is 4.44. The maximum atomic E-state index is 12.9. The summed E-state index contributed by atoms with van der Waals surface area (Å²) in [6, 6.07) is 3.53. The molecule has 1 atom stereocenters. The van der Waals surface area contributed by atoms with Gasteiger partial charge in [-0.1, -0.05) is 6.07 Å². The number of pyridine rings is 1. The van der Waals surface area contributed by atoms with Crippen LogP contribution in [0.15, 0.2) is 18.2 Å². The van der Waals surface area contributed by atoms with Crippen LogP contribution < -0.4 is 10.6 Å². The highest BCUT2D eigenvalue weighted by molar-refractivity contribution is 5.95. The number of aliphatic carboxylic acids is 1. The van der Waals surface area contributed by atoms with Crippen molar-refractivity contribution in [2.45, 2.75) is 57.7 Å². The molecule has 2 aromatic rings. The molecule has 0 aliphatic carbocycles. The van der Waals surface area contributed by atoms with E-state index in [0.29, 0.717) is 38.9 Å². The van der Waals surface area contributed by atoms with Crippen LogP contribution in [-0.2, 0) is 35.6 Å². The maximum Gasteiger partial charge on any atom is 0.435 e. The predicted octanol–water partition coefficient (Wildman–Crippen LogP) is 3.13. The van der Waals surface area contributed by atoms with Gasteiger partial charge < -0.3 is 25.4 Å². The first-order chi connectivity index (χ1) is 18.6. The number of carbonyl (C=O) groups excluding carboxylic acids is 1. The van der Waals surface area contributed by atoms with Crippen LogP contribution in [0.1, 0.15) is 60.0 Å². The van der Waals surface area contributed by atoms with Crippen molar-refractivity contribution in [3.8, 4) is 0 Å². The second kappa shape index (κ2) is 14.3. The Kier molecular flexibility index (Phi) is 11.1. The topological polar surface area (TPSA) is 122 Å². The van der Waals surface area contributed by atoms with Crippen LogP contribution in [-0.4, -0.2) is 82.1 Å². The number of hydrogen-bond acceptors (Lipinski definition) is 7. The standard InChI is InChI=1S/C26H37F3N6O4/c1-3-39-16-15-35(13-5-4-8-19-10-9-18-7-6-12-30-23(18)31-19)14-11-20(25(37)38)32-24(36)21-17-22(26(27,28)29)33-34(21)2/h9-10,17,20H,3-8,11-16H2,1-2H3,(H,30,31)(H,32,36)(H,37,38)/t20-/m0/s1. The van der Waals surface area contributed by atoms with Crippen LogP contribution in [0.3, 0.4) is 0 Å². The first-order valence-corrected chi connectivity index (χ1v) is 13.3. The van der Waals surface area contributed by atoms with E-state index in [-0.39, 0.29) is 12.1 Å². The fraction of sp³-hybridized carbons (Fsp3) is 0.615. The van der Waals surface area contributed by atoms with Gasteiger partial charge in [-0.15, -0.1) is 0 Å². The average Bonchev–Trinajstić information content (AvgIpc) is 3.30. The van der Waals surface area contributed by atoms with Crippen molar-refractivity contribution < 1.29 is 32.6 Å². The lowest BCUT2D eigenvalue weighted by atomic mass is 10.1. The van der Waals surface area contributed by atoms with Crippen molar-refractivity contribution in [2.24, 2.45) is 7.05 Å². The lowest BCUT2D eigenvalue weighted by Gasteiger charge is -2.24. The quantitative estimate of drug-likeness (QED) is 0.287. The third-order valence-corrected chi connectivity index (χ3v) is 6.61. The Morgan fingerprint density at radius 3 is 2.74 bits per heavy atom. The molecule has 0 aromatic carbocycles. The number of nitrogens with one attached hydrogen (secondary N) is 2. The molecule has 1 amide bonds. The SMILES string of the molecule is CCOCCN(CCCCc1ccc2c(n1)NCCC2)CC[C@H](NC(=O)c1cc(C(F)(F)F)nn1C)C(=O)O. The molecule has 0 saturated carbocycles. The van der Waals surface area contributed by atoms with E-state index < -0.39 is 29.8 Å². The van der Waals surface area contributed by atoms with Crippen LogP contribution >= 0.6 is 0 Å². The van der Waals surface area contributed by atoms with Crippen LogP contribution in [0.2, 0.25) is 0 Å². The second-order valence-electron chi connectivity index (χ2n) is 9.53. The summed E-state index contributed by atoms with van der Waals surface area (Å²) < 4.78 is 45.1. The Labute approximate surface area is 225 Å². The number of carbonyl (C=O) groups is 2. The zero-order valence-corrected chi connectivity index (χ0v) is 22.4. The van der Waals surface area contributed by atoms with Crippen LogP contribution in [0.25, 0.3) is 0 Å². The van der Waals surface area contributed by atoms with Gasteiger partial charge in [0, 0.05) is 45.0 Å². The average molecular weight is 555 g/mol. The minimum atomic E-state index is -4.71. The number of aromatic nitrogens is 3. The zero-order valence-electron chi connectivity index (χ0n) is 22.4. The molecule has 0 saturated heterocycles. The third-order valence-electron chi connectivity index (χ3n) is 6.61. The van der Waals surface area contributed by atoms with Crippen molar-refractivity contribution in [1.82, 2.24) is 25.0 Å². The molecular formula is C26H37F3N6O4. The minimum absolute atomic E-state index is 0.0786. The van der Waals surface area contributed by atoms with E-state index >= 15 is 0 Å². The fourth-order valence-corrected chi connectivity index (χ4v) is 4.44. The molecule has 2 aromatic heterocycles. The van der Waals surface area contributed by atoms with Gasteiger partial charge in [0.25, 0.3) is 5.91 Å². The number of anilines is 1. The van der Waals surface area contributed by atoms with E-state index in [0.717, 1.165) is 54.8 Å². The van der Waals surface area contributed by atoms with Crippen LogP contribution in [0, 0.1) is 0 Å². The number of ether oxygens (including phenoxy) is 1. The molecule has 0 bridgehead atoms. The molecule has 0 fully saturated rings. The van der Waals surface area contributed by atoms with E-state index in [1.807, 2.05) is 6.92 Å². The maximum absolute atomic E-state index is 12.9. The van der Waals surface area contributed by atoms with Gasteiger partial charge in [-0.05, 0) is 63.6 Å². The molecule has 1 aliphatic rings. The Morgan fingerprint density at radius 1 is 1.26 bits per heavy atom. The van der Waals surface area contributed by atoms with Crippen molar-refractivity contribution in [3.63, 3.8) is 0 Å². The number of amides is 1. The molecule has 0 unspecified atom stereocenters. The monoisotopic (exact) mass is 554 g/mol. The number of fused-ring (bicyclic) bond motifs is 1. The summed E-state index contributed by atoms with van der Waals surface area (Å²) >= 11 is 0. The Morgan fingerprint density at radius 2 is 2.05 bits per heavy atom. The normalized spacial score (nSPS) is 14.1. The van der Waals surface area contributed by atoms with E-state index in [2.05, 4.69) is 32.8 Å². The lowest BCUT2D eigenvalue weighted by molar-refractivity contribution is -0.141. The number of carboxylic acids is 1. The molecule has 3 N–H and O–H groups in total. The number of aryl methyl sites for hydroxylation is 3. The molecule has 13 heteroatoms. The number of rotatable bonds is 15. The largest absolute Gasteiger partial charge is 0.480 e. The number of carboxylic acid groups (broad SMARTS) is 1. The third kappa shape index (κ3) is 9.20. The van der Waals surface area contributed by atoms with Gasteiger partial charge in [0.2, 0.25) is 0 Å². The Bertz CT molecular complexity index is 1110. The molecule has 39 heavy (non-hydrogen) atoms. The molecule has 216 valence electrons. The van der Waals surface area contributed by atoms with E-state index in [4.69, 9.17) is 9.72 Å². The first kappa shape index (κ1) is 30.4. The van der Waals surface area contributed by atoms with Crippen molar-refractivity contribution in [3.05, 3.63) is 40.8 Å². The van der Waals surface area contributed by atoms with Crippen molar-refractivity contribution in [2.75, 3.05) is 44.7 Å². The van der Waals surface area contributed by atoms with Gasteiger partial charge >= 0.3 is 12.1 Å². The summed E-state index contributed by atoms with van der Waals surface area (Å²) in [5.74, 6) is -1.22. The van der Waals surface area contributed by atoms with Crippen LogP contribution in [0.4, 0.5) is 19.0 Å². The highest BCUT2D eigenvalue weighted by Gasteiger charge is 2.36. The number of hydrogen-bond donors (Lipinski definition) is 3.